The third-order valence-corrected chi connectivity index (χ3v) is 3.37. The molecule has 1 aliphatic carbocycles. The summed E-state index contributed by atoms with van der Waals surface area (Å²) in [6.07, 6.45) is 3.89. The van der Waals surface area contributed by atoms with E-state index in [9.17, 15) is 9.18 Å². The Morgan fingerprint density at radius 3 is 2.39 bits per heavy atom. The number of carbonyl (C=O) groups is 1. The van der Waals surface area contributed by atoms with Crippen LogP contribution in [0.4, 0.5) is 4.39 Å². The number of aliphatic carboxylic acids is 1. The smallest absolute Gasteiger partial charge is 0.303 e. The maximum atomic E-state index is 12.7. The predicted molar refractivity (Wildman–Crippen MR) is 65.0 cm³/mol. The molecule has 0 unspecified atom stereocenters. The van der Waals surface area contributed by atoms with Crippen molar-refractivity contribution in [1.29, 1.82) is 0 Å². The number of rotatable bonds is 4. The van der Waals surface area contributed by atoms with Crippen molar-refractivity contribution in [1.82, 2.24) is 0 Å². The SMILES string of the molecule is O=C(O)CC1CCC(Oc2ccc(F)cc2)CC1. The second-order valence-corrected chi connectivity index (χ2v) is 4.81. The van der Waals surface area contributed by atoms with E-state index in [1.54, 1.807) is 12.1 Å². The molecule has 1 aliphatic rings. The Kier molecular flexibility index (Phi) is 4.18. The molecular weight excluding hydrogens is 235 g/mol. The maximum absolute atomic E-state index is 12.7. The second-order valence-electron chi connectivity index (χ2n) is 4.81. The van der Waals surface area contributed by atoms with E-state index >= 15 is 0 Å². The highest BCUT2D eigenvalue weighted by atomic mass is 19.1. The molecule has 1 aromatic carbocycles. The normalized spacial score (nSPS) is 23.6. The average Bonchev–Trinajstić information content (AvgIpc) is 2.34. The van der Waals surface area contributed by atoms with Gasteiger partial charge in [-0.2, -0.15) is 0 Å². The van der Waals surface area contributed by atoms with Crippen LogP contribution in [0.1, 0.15) is 32.1 Å². The van der Waals surface area contributed by atoms with E-state index in [0.717, 1.165) is 25.7 Å². The van der Waals surface area contributed by atoms with Crippen molar-refractivity contribution in [3.63, 3.8) is 0 Å². The molecular formula is C14H17FO3. The Bertz CT molecular complexity index is 394. The van der Waals surface area contributed by atoms with Gasteiger partial charge in [0.05, 0.1) is 6.10 Å². The van der Waals surface area contributed by atoms with Crippen LogP contribution in [0.5, 0.6) is 5.75 Å². The van der Waals surface area contributed by atoms with Crippen molar-refractivity contribution in [2.75, 3.05) is 0 Å². The summed E-state index contributed by atoms with van der Waals surface area (Å²) < 4.78 is 18.5. The standard InChI is InChI=1S/C14H17FO3/c15-11-3-7-13(8-4-11)18-12-5-1-10(2-6-12)9-14(16)17/h3-4,7-8,10,12H,1-2,5-6,9H2,(H,16,17). The molecule has 0 aromatic heterocycles. The van der Waals surface area contributed by atoms with Gasteiger partial charge in [0, 0.05) is 6.42 Å². The number of hydrogen-bond donors (Lipinski definition) is 1. The third-order valence-electron chi connectivity index (χ3n) is 3.37. The summed E-state index contributed by atoms with van der Waals surface area (Å²) in [6.45, 7) is 0. The molecule has 1 N–H and O–H groups in total. The minimum Gasteiger partial charge on any atom is -0.490 e. The van der Waals surface area contributed by atoms with Crippen LogP contribution < -0.4 is 4.74 Å². The molecule has 0 amide bonds. The molecule has 4 heteroatoms. The summed E-state index contributed by atoms with van der Waals surface area (Å²) in [5.74, 6) is -0.0425. The highest BCUT2D eigenvalue weighted by molar-refractivity contribution is 5.67. The Hall–Kier alpha value is -1.58. The first kappa shape index (κ1) is 12.9. The van der Waals surface area contributed by atoms with Gasteiger partial charge < -0.3 is 9.84 Å². The van der Waals surface area contributed by atoms with Gasteiger partial charge in [0.1, 0.15) is 11.6 Å². The monoisotopic (exact) mass is 252 g/mol. The van der Waals surface area contributed by atoms with E-state index in [4.69, 9.17) is 9.84 Å². The van der Waals surface area contributed by atoms with Crippen LogP contribution in [0.2, 0.25) is 0 Å². The zero-order chi connectivity index (χ0) is 13.0. The van der Waals surface area contributed by atoms with Crippen molar-refractivity contribution >= 4 is 5.97 Å². The van der Waals surface area contributed by atoms with Gasteiger partial charge in [-0.25, -0.2) is 4.39 Å². The molecule has 18 heavy (non-hydrogen) atoms. The van der Waals surface area contributed by atoms with Crippen molar-refractivity contribution in [3.05, 3.63) is 30.1 Å². The first-order valence-corrected chi connectivity index (χ1v) is 6.27. The number of benzene rings is 1. The van der Waals surface area contributed by atoms with E-state index < -0.39 is 5.97 Å². The molecule has 1 fully saturated rings. The van der Waals surface area contributed by atoms with Crippen LogP contribution in [0.3, 0.4) is 0 Å². The van der Waals surface area contributed by atoms with Crippen molar-refractivity contribution in [2.45, 2.75) is 38.2 Å². The summed E-state index contributed by atoms with van der Waals surface area (Å²) in [7, 11) is 0. The summed E-state index contributed by atoms with van der Waals surface area (Å²) in [4.78, 5) is 10.6. The fourth-order valence-electron chi connectivity index (χ4n) is 2.41. The fraction of sp³-hybridized carbons (Fsp3) is 0.500. The van der Waals surface area contributed by atoms with Gasteiger partial charge in [-0.05, 0) is 55.9 Å². The van der Waals surface area contributed by atoms with E-state index in [2.05, 4.69) is 0 Å². The van der Waals surface area contributed by atoms with Crippen LogP contribution in [0.25, 0.3) is 0 Å². The van der Waals surface area contributed by atoms with Crippen LogP contribution in [0, 0.1) is 11.7 Å². The largest absolute Gasteiger partial charge is 0.490 e. The van der Waals surface area contributed by atoms with E-state index in [-0.39, 0.29) is 24.3 Å². The van der Waals surface area contributed by atoms with E-state index in [0.29, 0.717) is 5.75 Å². The van der Waals surface area contributed by atoms with E-state index in [1.807, 2.05) is 0 Å². The van der Waals surface area contributed by atoms with Gasteiger partial charge in [-0.1, -0.05) is 0 Å². The lowest BCUT2D eigenvalue weighted by molar-refractivity contribution is -0.138. The average molecular weight is 252 g/mol. The second kappa shape index (κ2) is 5.85. The molecule has 0 spiro atoms. The number of carboxylic acids is 1. The predicted octanol–water partition coefficient (Wildman–Crippen LogP) is 3.24. The quantitative estimate of drug-likeness (QED) is 0.894. The summed E-state index contributed by atoms with van der Waals surface area (Å²) in [5.41, 5.74) is 0. The molecule has 98 valence electrons. The molecule has 1 saturated carbocycles. The number of hydrogen-bond acceptors (Lipinski definition) is 2. The van der Waals surface area contributed by atoms with Gasteiger partial charge in [0.25, 0.3) is 0 Å². The first-order chi connectivity index (χ1) is 8.63. The number of ether oxygens (including phenoxy) is 1. The molecule has 0 aliphatic heterocycles. The third kappa shape index (κ3) is 3.72. The Balaban J connectivity index is 1.79. The van der Waals surface area contributed by atoms with Crippen molar-refractivity contribution in [3.8, 4) is 5.75 Å². The molecule has 0 bridgehead atoms. The van der Waals surface area contributed by atoms with Gasteiger partial charge in [-0.15, -0.1) is 0 Å². The van der Waals surface area contributed by atoms with Crippen molar-refractivity contribution in [2.24, 2.45) is 5.92 Å². The molecule has 3 nitrogen and oxygen atoms in total. The molecule has 0 atom stereocenters. The molecule has 0 saturated heterocycles. The van der Waals surface area contributed by atoms with Gasteiger partial charge in [0.15, 0.2) is 0 Å². The fourth-order valence-corrected chi connectivity index (χ4v) is 2.41. The minimum atomic E-state index is -0.724. The van der Waals surface area contributed by atoms with Gasteiger partial charge in [-0.3, -0.25) is 4.79 Å². The van der Waals surface area contributed by atoms with Crippen LogP contribution in [-0.4, -0.2) is 17.2 Å². The van der Waals surface area contributed by atoms with Crippen LogP contribution in [0.15, 0.2) is 24.3 Å². The number of carboxylic acid groups (broad SMARTS) is 1. The summed E-state index contributed by atoms with van der Waals surface area (Å²) >= 11 is 0. The van der Waals surface area contributed by atoms with Crippen LogP contribution >= 0.6 is 0 Å². The van der Waals surface area contributed by atoms with Gasteiger partial charge in [0.2, 0.25) is 0 Å². The first-order valence-electron chi connectivity index (χ1n) is 6.27. The highest BCUT2D eigenvalue weighted by Gasteiger charge is 2.23. The van der Waals surface area contributed by atoms with Crippen molar-refractivity contribution < 1.29 is 19.0 Å². The lowest BCUT2D eigenvalue weighted by Gasteiger charge is -2.28. The van der Waals surface area contributed by atoms with Gasteiger partial charge >= 0.3 is 5.97 Å². The number of halogens is 1. The molecule has 0 heterocycles. The summed E-state index contributed by atoms with van der Waals surface area (Å²) in [6, 6.07) is 6.01. The Morgan fingerprint density at radius 2 is 1.83 bits per heavy atom. The maximum Gasteiger partial charge on any atom is 0.303 e. The van der Waals surface area contributed by atoms with E-state index in [1.165, 1.54) is 12.1 Å². The lowest BCUT2D eigenvalue weighted by Crippen LogP contribution is -2.25. The van der Waals surface area contributed by atoms with Crippen LogP contribution in [-0.2, 0) is 4.79 Å². The molecule has 0 radical (unpaired) electrons. The highest BCUT2D eigenvalue weighted by Crippen LogP contribution is 2.29. The Morgan fingerprint density at radius 1 is 1.22 bits per heavy atom. The zero-order valence-electron chi connectivity index (χ0n) is 10.1. The topological polar surface area (TPSA) is 46.5 Å². The minimum absolute atomic E-state index is 0.125. The lowest BCUT2D eigenvalue weighted by atomic mass is 9.85. The molecule has 1 aromatic rings. The zero-order valence-corrected chi connectivity index (χ0v) is 10.1. The Labute approximate surface area is 106 Å². The summed E-state index contributed by atoms with van der Waals surface area (Å²) in [5, 5.41) is 8.73. The molecule has 2 rings (SSSR count).